The van der Waals surface area contributed by atoms with Crippen molar-refractivity contribution in [2.75, 3.05) is 9.80 Å². The van der Waals surface area contributed by atoms with Crippen LogP contribution in [0.3, 0.4) is 0 Å². The molecule has 1 aliphatic rings. The van der Waals surface area contributed by atoms with Crippen molar-refractivity contribution in [3.63, 3.8) is 0 Å². The first-order chi connectivity index (χ1) is 13.1. The number of ether oxygens (including phenoxy) is 1. The van der Waals surface area contributed by atoms with Crippen molar-refractivity contribution in [2.45, 2.75) is 13.0 Å². The lowest BCUT2D eigenvalue weighted by Gasteiger charge is -2.22. The number of benzene rings is 3. The van der Waals surface area contributed by atoms with Gasteiger partial charge in [0.2, 0.25) is 0 Å². The van der Waals surface area contributed by atoms with Crippen LogP contribution in [0.2, 0.25) is 0 Å². The Morgan fingerprint density at radius 2 is 1.33 bits per heavy atom. The van der Waals surface area contributed by atoms with Gasteiger partial charge in [0.15, 0.2) is 5.11 Å². The second-order valence-electron chi connectivity index (χ2n) is 6.25. The first-order valence-corrected chi connectivity index (χ1v) is 9.11. The largest absolute Gasteiger partial charge is 0.457 e. The maximum atomic E-state index is 12.8. The SMILES string of the molecule is C[C@H]1C(=O)N(c2ccccc2)C(=S)N1c1ccc(Oc2ccccc2)cc1. The second-order valence-corrected chi connectivity index (χ2v) is 6.61. The minimum Gasteiger partial charge on any atom is -0.457 e. The maximum Gasteiger partial charge on any atom is 0.256 e. The highest BCUT2D eigenvalue weighted by molar-refractivity contribution is 7.81. The number of rotatable bonds is 4. The average molecular weight is 374 g/mol. The van der Waals surface area contributed by atoms with E-state index in [9.17, 15) is 4.79 Å². The van der Waals surface area contributed by atoms with E-state index in [0.29, 0.717) is 5.11 Å². The molecule has 1 fully saturated rings. The highest BCUT2D eigenvalue weighted by Crippen LogP contribution is 2.31. The van der Waals surface area contributed by atoms with Crippen LogP contribution in [-0.4, -0.2) is 17.1 Å². The maximum absolute atomic E-state index is 12.8. The quantitative estimate of drug-likeness (QED) is 0.601. The molecule has 134 valence electrons. The topological polar surface area (TPSA) is 32.8 Å². The van der Waals surface area contributed by atoms with Crippen LogP contribution in [0.1, 0.15) is 6.92 Å². The minimum absolute atomic E-state index is 0.0317. The number of thiocarbonyl (C=S) groups is 1. The molecular formula is C22H18N2O2S. The van der Waals surface area contributed by atoms with E-state index in [1.807, 2.05) is 96.8 Å². The highest BCUT2D eigenvalue weighted by Gasteiger charge is 2.41. The lowest BCUT2D eigenvalue weighted by atomic mass is 10.2. The third-order valence-corrected chi connectivity index (χ3v) is 4.85. The number of anilines is 2. The van der Waals surface area contributed by atoms with E-state index in [4.69, 9.17) is 17.0 Å². The minimum atomic E-state index is -0.362. The summed E-state index contributed by atoms with van der Waals surface area (Å²) in [7, 11) is 0. The van der Waals surface area contributed by atoms with Gasteiger partial charge in [-0.25, -0.2) is 0 Å². The monoisotopic (exact) mass is 374 g/mol. The van der Waals surface area contributed by atoms with Gasteiger partial charge in [-0.15, -0.1) is 0 Å². The van der Waals surface area contributed by atoms with E-state index in [1.54, 1.807) is 4.90 Å². The molecule has 0 bridgehead atoms. The molecule has 27 heavy (non-hydrogen) atoms. The summed E-state index contributed by atoms with van der Waals surface area (Å²) in [6.07, 6.45) is 0. The van der Waals surface area contributed by atoms with Gasteiger partial charge in [-0.3, -0.25) is 9.69 Å². The Morgan fingerprint density at radius 1 is 0.778 bits per heavy atom. The van der Waals surface area contributed by atoms with Crippen LogP contribution in [0.15, 0.2) is 84.9 Å². The Hall–Kier alpha value is -3.18. The van der Waals surface area contributed by atoms with Crippen molar-refractivity contribution >= 4 is 34.6 Å². The lowest BCUT2D eigenvalue weighted by Crippen LogP contribution is -2.33. The number of hydrogen-bond donors (Lipinski definition) is 0. The number of nitrogens with zero attached hydrogens (tertiary/aromatic N) is 2. The molecule has 0 spiro atoms. The molecular weight excluding hydrogens is 356 g/mol. The van der Waals surface area contributed by atoms with Gasteiger partial charge in [-0.05, 0) is 67.7 Å². The zero-order chi connectivity index (χ0) is 18.8. The molecule has 3 aromatic carbocycles. The van der Waals surface area contributed by atoms with Crippen LogP contribution in [0.25, 0.3) is 0 Å². The fourth-order valence-electron chi connectivity index (χ4n) is 3.11. The molecule has 1 heterocycles. The molecule has 0 unspecified atom stereocenters. The second kappa shape index (κ2) is 7.21. The Morgan fingerprint density at radius 3 is 1.96 bits per heavy atom. The third-order valence-electron chi connectivity index (χ3n) is 4.47. The molecule has 3 aromatic rings. The molecule has 0 aliphatic carbocycles. The van der Waals surface area contributed by atoms with Gasteiger partial charge < -0.3 is 9.64 Å². The molecule has 1 atom stereocenters. The molecule has 5 heteroatoms. The Balaban J connectivity index is 1.58. The highest BCUT2D eigenvalue weighted by atomic mass is 32.1. The fourth-order valence-corrected chi connectivity index (χ4v) is 3.57. The molecule has 0 saturated carbocycles. The summed E-state index contributed by atoms with van der Waals surface area (Å²) in [5, 5.41) is 0.482. The van der Waals surface area contributed by atoms with Gasteiger partial charge in [-0.2, -0.15) is 0 Å². The van der Waals surface area contributed by atoms with Crippen molar-refractivity contribution in [2.24, 2.45) is 0 Å². The first kappa shape index (κ1) is 17.2. The van der Waals surface area contributed by atoms with Crippen molar-refractivity contribution in [1.82, 2.24) is 0 Å². The predicted octanol–water partition coefficient (Wildman–Crippen LogP) is 5.01. The summed E-state index contributed by atoms with van der Waals surface area (Å²) in [5.41, 5.74) is 1.64. The number of hydrogen-bond acceptors (Lipinski definition) is 3. The Kier molecular flexibility index (Phi) is 4.60. The average Bonchev–Trinajstić information content (AvgIpc) is 2.93. The van der Waals surface area contributed by atoms with Crippen molar-refractivity contribution in [1.29, 1.82) is 0 Å². The number of carbonyl (C=O) groups excluding carboxylic acids is 1. The summed E-state index contributed by atoms with van der Waals surface area (Å²) < 4.78 is 5.83. The number of para-hydroxylation sites is 2. The summed E-state index contributed by atoms with van der Waals surface area (Å²) >= 11 is 5.62. The molecule has 0 radical (unpaired) electrons. The lowest BCUT2D eigenvalue weighted by molar-refractivity contribution is -0.117. The van der Waals surface area contributed by atoms with Crippen molar-refractivity contribution in [3.8, 4) is 11.5 Å². The molecule has 4 nitrogen and oxygen atoms in total. The number of carbonyl (C=O) groups is 1. The van der Waals surface area contributed by atoms with Crippen LogP contribution in [0, 0.1) is 0 Å². The Labute approximate surface area is 163 Å². The molecule has 4 rings (SSSR count). The summed E-state index contributed by atoms with van der Waals surface area (Å²) in [6.45, 7) is 1.87. The summed E-state index contributed by atoms with van der Waals surface area (Å²) in [4.78, 5) is 16.2. The van der Waals surface area contributed by atoms with Crippen LogP contribution >= 0.6 is 12.2 Å². The smallest absolute Gasteiger partial charge is 0.256 e. The number of amides is 1. The molecule has 0 aromatic heterocycles. The normalized spacial score (nSPS) is 16.7. The summed E-state index contributed by atoms with van der Waals surface area (Å²) in [5.74, 6) is 1.48. The third kappa shape index (κ3) is 3.29. The van der Waals surface area contributed by atoms with Crippen LogP contribution in [0.4, 0.5) is 11.4 Å². The zero-order valence-corrected chi connectivity index (χ0v) is 15.6. The van der Waals surface area contributed by atoms with Crippen molar-refractivity contribution < 1.29 is 9.53 Å². The van der Waals surface area contributed by atoms with Crippen molar-refractivity contribution in [3.05, 3.63) is 84.9 Å². The van der Waals surface area contributed by atoms with E-state index in [2.05, 4.69) is 0 Å². The van der Waals surface area contributed by atoms with Crippen LogP contribution in [-0.2, 0) is 4.79 Å². The van der Waals surface area contributed by atoms with E-state index < -0.39 is 0 Å². The first-order valence-electron chi connectivity index (χ1n) is 8.70. The van der Waals surface area contributed by atoms with Gasteiger partial charge in [0.1, 0.15) is 17.5 Å². The standard InChI is InChI=1S/C22H18N2O2S/c1-16-21(25)24(17-8-4-2-5-9-17)22(27)23(16)18-12-14-20(15-13-18)26-19-10-6-3-7-11-19/h2-16H,1H3/t16-/m0/s1. The molecule has 1 aliphatic heterocycles. The van der Waals surface area contributed by atoms with Crippen LogP contribution < -0.4 is 14.5 Å². The van der Waals surface area contributed by atoms with E-state index in [0.717, 1.165) is 22.9 Å². The van der Waals surface area contributed by atoms with Crippen LogP contribution in [0.5, 0.6) is 11.5 Å². The van der Waals surface area contributed by atoms with Gasteiger partial charge in [0, 0.05) is 5.69 Å². The van der Waals surface area contributed by atoms with Gasteiger partial charge in [-0.1, -0.05) is 36.4 Å². The van der Waals surface area contributed by atoms with Gasteiger partial charge in [0.25, 0.3) is 5.91 Å². The molecule has 0 N–H and O–H groups in total. The van der Waals surface area contributed by atoms with E-state index >= 15 is 0 Å². The summed E-state index contributed by atoms with van der Waals surface area (Å²) in [6, 6.07) is 26.3. The van der Waals surface area contributed by atoms with Gasteiger partial charge in [0.05, 0.1) is 5.69 Å². The Bertz CT molecular complexity index is 959. The van der Waals surface area contributed by atoms with E-state index in [-0.39, 0.29) is 11.9 Å². The van der Waals surface area contributed by atoms with Gasteiger partial charge >= 0.3 is 0 Å². The van der Waals surface area contributed by atoms with E-state index in [1.165, 1.54) is 0 Å². The predicted molar refractivity (Wildman–Crippen MR) is 111 cm³/mol. The fraction of sp³-hybridized carbons (Fsp3) is 0.0909. The zero-order valence-electron chi connectivity index (χ0n) is 14.8. The molecule has 1 saturated heterocycles. The molecule has 1 amide bonds.